The second-order valence-corrected chi connectivity index (χ2v) is 8.68. The Balaban J connectivity index is 1.98. The lowest BCUT2D eigenvalue weighted by molar-refractivity contribution is 0.0526. The maximum absolute atomic E-state index is 13.5. The first kappa shape index (κ1) is 20.7. The number of hydrogen-bond donors (Lipinski definition) is 0. The summed E-state index contributed by atoms with van der Waals surface area (Å²) in [6, 6.07) is 11.5. The molecule has 158 valence electrons. The van der Waals surface area contributed by atoms with Gasteiger partial charge in [-0.05, 0) is 49.2 Å². The normalized spacial score (nSPS) is 11.5. The number of carbonyl (C=O) groups is 1. The predicted octanol–water partition coefficient (Wildman–Crippen LogP) is 3.39. The number of sulfone groups is 1. The largest absolute Gasteiger partial charge is 0.462 e. The van der Waals surface area contributed by atoms with Crippen molar-refractivity contribution in [3.8, 4) is 5.69 Å². The Labute approximate surface area is 179 Å². The zero-order chi connectivity index (χ0) is 22.0. The number of fused-ring (bicyclic) bond motifs is 1. The van der Waals surface area contributed by atoms with Crippen LogP contribution < -0.4 is 0 Å². The van der Waals surface area contributed by atoms with Crippen molar-refractivity contribution in [3.63, 3.8) is 0 Å². The highest BCUT2D eigenvalue weighted by molar-refractivity contribution is 7.91. The average Bonchev–Trinajstić information content (AvgIpc) is 3.32. The van der Waals surface area contributed by atoms with Crippen molar-refractivity contribution < 1.29 is 17.9 Å². The molecule has 0 N–H and O–H groups in total. The molecule has 0 radical (unpaired) electrons. The van der Waals surface area contributed by atoms with E-state index in [4.69, 9.17) is 4.74 Å². The van der Waals surface area contributed by atoms with Gasteiger partial charge in [0.2, 0.25) is 9.84 Å². The molecule has 0 amide bonds. The van der Waals surface area contributed by atoms with Gasteiger partial charge in [-0.25, -0.2) is 22.9 Å². The second-order valence-electron chi connectivity index (χ2n) is 6.76. The number of hydrogen-bond acceptors (Lipinski definition) is 7. The van der Waals surface area contributed by atoms with Crippen LogP contribution in [0.25, 0.3) is 16.6 Å². The molecule has 0 unspecified atom stereocenters. The number of esters is 1. The van der Waals surface area contributed by atoms with Crippen LogP contribution in [0.4, 0.5) is 0 Å². The standard InChI is InChI=1S/C22H20N4O4S/c1-3-15-5-8-17(9-6-15)31(28,29)20-12-24-19-10-7-16(22(27)30-4-2)11-18(19)21(20)26-14-23-13-25-26/h5-14H,3-4H2,1-2H3. The Morgan fingerprint density at radius 2 is 1.87 bits per heavy atom. The smallest absolute Gasteiger partial charge is 0.338 e. The van der Waals surface area contributed by atoms with Gasteiger partial charge in [-0.15, -0.1) is 0 Å². The molecule has 0 saturated carbocycles. The summed E-state index contributed by atoms with van der Waals surface area (Å²) < 4.78 is 33.5. The average molecular weight is 436 g/mol. The zero-order valence-electron chi connectivity index (χ0n) is 17.0. The zero-order valence-corrected chi connectivity index (χ0v) is 17.8. The number of aryl methyl sites for hydroxylation is 1. The van der Waals surface area contributed by atoms with Crippen LogP contribution in [-0.2, 0) is 21.0 Å². The van der Waals surface area contributed by atoms with Gasteiger partial charge in [0.15, 0.2) is 0 Å². The molecule has 0 saturated heterocycles. The Bertz CT molecular complexity index is 1350. The van der Waals surface area contributed by atoms with Crippen LogP contribution in [0.5, 0.6) is 0 Å². The fourth-order valence-electron chi connectivity index (χ4n) is 3.29. The topological polar surface area (TPSA) is 104 Å². The van der Waals surface area contributed by atoms with Gasteiger partial charge in [0.25, 0.3) is 0 Å². The maximum Gasteiger partial charge on any atom is 0.338 e. The summed E-state index contributed by atoms with van der Waals surface area (Å²) in [5, 5.41) is 4.59. The molecular formula is C22H20N4O4S. The molecule has 4 rings (SSSR count). The van der Waals surface area contributed by atoms with Crippen molar-refractivity contribution in [1.29, 1.82) is 0 Å². The minimum atomic E-state index is -3.92. The van der Waals surface area contributed by atoms with Gasteiger partial charge in [-0.3, -0.25) is 4.98 Å². The van der Waals surface area contributed by atoms with Crippen LogP contribution in [0.1, 0.15) is 29.8 Å². The van der Waals surface area contributed by atoms with E-state index in [1.54, 1.807) is 49.4 Å². The molecule has 8 nitrogen and oxygen atoms in total. The summed E-state index contributed by atoms with van der Waals surface area (Å²) in [6.07, 6.45) is 4.84. The van der Waals surface area contributed by atoms with Gasteiger partial charge in [0.1, 0.15) is 17.6 Å². The van der Waals surface area contributed by atoms with E-state index in [1.807, 2.05) is 6.92 Å². The molecule has 0 bridgehead atoms. The van der Waals surface area contributed by atoms with E-state index in [-0.39, 0.29) is 22.1 Å². The summed E-state index contributed by atoms with van der Waals surface area (Å²) in [6.45, 7) is 3.95. The van der Waals surface area contributed by atoms with Gasteiger partial charge in [-0.1, -0.05) is 19.1 Å². The lowest BCUT2D eigenvalue weighted by Gasteiger charge is -2.14. The lowest BCUT2D eigenvalue weighted by Crippen LogP contribution is -2.11. The van der Waals surface area contributed by atoms with Crippen LogP contribution in [0, 0.1) is 0 Å². The molecule has 0 aliphatic carbocycles. The number of aromatic nitrogens is 4. The Hall–Kier alpha value is -3.59. The van der Waals surface area contributed by atoms with Gasteiger partial charge in [0.05, 0.1) is 28.3 Å². The number of rotatable bonds is 6. The molecule has 0 atom stereocenters. The second kappa shape index (κ2) is 8.27. The molecular weight excluding hydrogens is 416 g/mol. The minimum absolute atomic E-state index is 0.0317. The third-order valence-corrected chi connectivity index (χ3v) is 6.67. The molecule has 9 heteroatoms. The van der Waals surface area contributed by atoms with Gasteiger partial charge < -0.3 is 4.74 Å². The molecule has 0 fully saturated rings. The van der Waals surface area contributed by atoms with E-state index >= 15 is 0 Å². The van der Waals surface area contributed by atoms with Crippen LogP contribution >= 0.6 is 0 Å². The van der Waals surface area contributed by atoms with E-state index in [2.05, 4.69) is 15.1 Å². The molecule has 4 aromatic rings. The summed E-state index contributed by atoms with van der Waals surface area (Å²) >= 11 is 0. The Morgan fingerprint density at radius 1 is 1.10 bits per heavy atom. The first-order valence-corrected chi connectivity index (χ1v) is 11.2. The van der Waals surface area contributed by atoms with Crippen LogP contribution in [0.15, 0.2) is 71.1 Å². The van der Waals surface area contributed by atoms with Crippen molar-refractivity contribution in [2.45, 2.75) is 30.1 Å². The summed E-state index contributed by atoms with van der Waals surface area (Å²) in [5.74, 6) is -0.502. The summed E-state index contributed by atoms with van der Waals surface area (Å²) in [4.78, 5) is 20.7. The first-order valence-electron chi connectivity index (χ1n) is 9.74. The number of pyridine rings is 1. The van der Waals surface area contributed by atoms with E-state index in [0.717, 1.165) is 12.0 Å². The van der Waals surface area contributed by atoms with Gasteiger partial charge in [0, 0.05) is 11.6 Å². The van der Waals surface area contributed by atoms with Crippen molar-refractivity contribution in [2.24, 2.45) is 0 Å². The van der Waals surface area contributed by atoms with E-state index in [0.29, 0.717) is 16.5 Å². The number of ether oxygens (including phenoxy) is 1. The van der Waals surface area contributed by atoms with E-state index in [9.17, 15) is 13.2 Å². The fourth-order valence-corrected chi connectivity index (χ4v) is 4.69. The van der Waals surface area contributed by atoms with Crippen molar-refractivity contribution in [1.82, 2.24) is 19.7 Å². The molecule has 0 aliphatic rings. The van der Waals surface area contributed by atoms with E-state index < -0.39 is 15.8 Å². The maximum atomic E-state index is 13.5. The fraction of sp³-hybridized carbons (Fsp3) is 0.182. The highest BCUT2D eigenvalue weighted by Gasteiger charge is 2.26. The Morgan fingerprint density at radius 3 is 2.52 bits per heavy atom. The molecule has 2 aromatic carbocycles. The minimum Gasteiger partial charge on any atom is -0.462 e. The first-order chi connectivity index (χ1) is 15.0. The van der Waals surface area contributed by atoms with Crippen LogP contribution in [-0.4, -0.2) is 40.7 Å². The van der Waals surface area contributed by atoms with Crippen LogP contribution in [0.3, 0.4) is 0 Å². The lowest BCUT2D eigenvalue weighted by atomic mass is 10.1. The third-order valence-electron chi connectivity index (χ3n) is 4.90. The summed E-state index contributed by atoms with van der Waals surface area (Å²) in [7, 11) is -3.92. The van der Waals surface area contributed by atoms with E-state index in [1.165, 1.54) is 23.5 Å². The highest BCUT2D eigenvalue weighted by Crippen LogP contribution is 2.32. The Kier molecular flexibility index (Phi) is 5.51. The van der Waals surface area contributed by atoms with Crippen LogP contribution in [0.2, 0.25) is 0 Å². The van der Waals surface area contributed by atoms with Gasteiger partial charge >= 0.3 is 5.97 Å². The number of benzene rings is 2. The number of nitrogens with zero attached hydrogens (tertiary/aromatic N) is 4. The van der Waals surface area contributed by atoms with Crippen molar-refractivity contribution in [2.75, 3.05) is 6.61 Å². The van der Waals surface area contributed by atoms with Gasteiger partial charge in [-0.2, -0.15) is 5.10 Å². The molecule has 0 aliphatic heterocycles. The highest BCUT2D eigenvalue weighted by atomic mass is 32.2. The number of carbonyl (C=O) groups excluding carboxylic acids is 1. The van der Waals surface area contributed by atoms with Crippen molar-refractivity contribution >= 4 is 26.7 Å². The molecule has 31 heavy (non-hydrogen) atoms. The third kappa shape index (κ3) is 3.79. The van der Waals surface area contributed by atoms with Crippen molar-refractivity contribution in [3.05, 3.63) is 72.4 Å². The SMILES string of the molecule is CCOC(=O)c1ccc2ncc(S(=O)(=O)c3ccc(CC)cc3)c(-n3cncn3)c2c1. The molecule has 0 spiro atoms. The molecule has 2 heterocycles. The monoisotopic (exact) mass is 436 g/mol. The quantitative estimate of drug-likeness (QED) is 0.427. The molecule has 2 aromatic heterocycles. The summed E-state index contributed by atoms with van der Waals surface area (Å²) in [5.41, 5.74) is 2.11. The predicted molar refractivity (Wildman–Crippen MR) is 114 cm³/mol.